The summed E-state index contributed by atoms with van der Waals surface area (Å²) in [7, 11) is 1.56. The highest BCUT2D eigenvalue weighted by molar-refractivity contribution is 5.81. The van der Waals surface area contributed by atoms with Gasteiger partial charge in [-0.25, -0.2) is 0 Å². The van der Waals surface area contributed by atoms with Crippen molar-refractivity contribution in [1.29, 1.82) is 0 Å². The topological polar surface area (TPSA) is 73.3 Å². The first-order valence-corrected chi connectivity index (χ1v) is 7.57. The second-order valence-electron chi connectivity index (χ2n) is 5.77. The quantitative estimate of drug-likeness (QED) is 0.894. The van der Waals surface area contributed by atoms with E-state index in [0.29, 0.717) is 17.8 Å². The first kappa shape index (κ1) is 14.1. The van der Waals surface area contributed by atoms with Crippen molar-refractivity contribution in [3.63, 3.8) is 0 Å². The molecular formula is C15H21N3O3. The van der Waals surface area contributed by atoms with Gasteiger partial charge >= 0.3 is 0 Å². The van der Waals surface area contributed by atoms with Crippen LogP contribution in [-0.4, -0.2) is 35.1 Å². The molecule has 6 heteroatoms. The Morgan fingerprint density at radius 3 is 2.52 bits per heavy atom. The van der Waals surface area contributed by atoms with Crippen molar-refractivity contribution in [2.45, 2.75) is 50.7 Å². The molecular weight excluding hydrogens is 270 g/mol. The minimum Gasteiger partial charge on any atom is -0.480 e. The van der Waals surface area contributed by atoms with Crippen LogP contribution in [0.25, 0.3) is 0 Å². The van der Waals surface area contributed by atoms with E-state index in [1.807, 2.05) is 0 Å². The second kappa shape index (κ2) is 6.28. The Morgan fingerprint density at radius 1 is 1.14 bits per heavy atom. The van der Waals surface area contributed by atoms with Crippen LogP contribution in [-0.2, 0) is 4.79 Å². The summed E-state index contributed by atoms with van der Waals surface area (Å²) in [6.07, 6.45) is 9.17. The zero-order chi connectivity index (χ0) is 14.7. The summed E-state index contributed by atoms with van der Waals surface area (Å²) in [5.41, 5.74) is 0. The highest BCUT2D eigenvalue weighted by atomic mass is 16.5. The van der Waals surface area contributed by atoms with Crippen LogP contribution >= 0.6 is 0 Å². The van der Waals surface area contributed by atoms with Crippen molar-refractivity contribution in [3.8, 4) is 11.8 Å². The Kier molecular flexibility index (Phi) is 4.22. The molecule has 0 bridgehead atoms. The molecule has 1 aromatic heterocycles. The summed E-state index contributed by atoms with van der Waals surface area (Å²) in [6, 6.07) is 0.300. The van der Waals surface area contributed by atoms with E-state index in [-0.39, 0.29) is 17.9 Å². The maximum atomic E-state index is 11.7. The number of methoxy groups -OCH3 is 1. The number of carbonyl (C=O) groups is 1. The van der Waals surface area contributed by atoms with E-state index in [1.165, 1.54) is 0 Å². The highest BCUT2D eigenvalue weighted by Crippen LogP contribution is 2.30. The fraction of sp³-hybridized carbons (Fsp3) is 0.667. The first-order valence-electron chi connectivity index (χ1n) is 7.57. The van der Waals surface area contributed by atoms with Crippen molar-refractivity contribution in [2.75, 3.05) is 7.11 Å². The monoisotopic (exact) mass is 291 g/mol. The van der Waals surface area contributed by atoms with Crippen LogP contribution in [0.2, 0.25) is 0 Å². The zero-order valence-corrected chi connectivity index (χ0v) is 12.2. The van der Waals surface area contributed by atoms with E-state index >= 15 is 0 Å². The van der Waals surface area contributed by atoms with Crippen molar-refractivity contribution < 1.29 is 14.3 Å². The average Bonchev–Trinajstić information content (AvgIpc) is 3.34. The Morgan fingerprint density at radius 2 is 1.86 bits per heavy atom. The van der Waals surface area contributed by atoms with Crippen molar-refractivity contribution >= 4 is 5.91 Å². The van der Waals surface area contributed by atoms with Crippen molar-refractivity contribution in [3.05, 3.63) is 12.4 Å². The molecule has 2 aliphatic carbocycles. The standard InChI is InChI=1S/C15H21N3O3/c1-20-13-8-16-9-14(18-13)21-12-6-4-11(5-7-12)17-15(19)10-2-3-10/h8-12H,2-7H2,1H3,(H,17,19). The van der Waals surface area contributed by atoms with Gasteiger partial charge in [0, 0.05) is 12.0 Å². The third kappa shape index (κ3) is 3.83. The summed E-state index contributed by atoms with van der Waals surface area (Å²) >= 11 is 0. The van der Waals surface area contributed by atoms with Gasteiger partial charge in [-0.1, -0.05) is 0 Å². The van der Waals surface area contributed by atoms with Crippen LogP contribution in [0.15, 0.2) is 12.4 Å². The lowest BCUT2D eigenvalue weighted by Gasteiger charge is -2.29. The number of nitrogens with zero attached hydrogens (tertiary/aromatic N) is 2. The van der Waals surface area contributed by atoms with Crippen molar-refractivity contribution in [2.24, 2.45) is 5.92 Å². The predicted octanol–water partition coefficient (Wildman–Crippen LogP) is 1.70. The fourth-order valence-corrected chi connectivity index (χ4v) is 2.65. The molecule has 1 amide bonds. The lowest BCUT2D eigenvalue weighted by atomic mass is 9.93. The van der Waals surface area contributed by atoms with E-state index in [4.69, 9.17) is 9.47 Å². The van der Waals surface area contributed by atoms with Crippen LogP contribution in [0.5, 0.6) is 11.8 Å². The average molecular weight is 291 g/mol. The second-order valence-corrected chi connectivity index (χ2v) is 5.77. The molecule has 0 unspecified atom stereocenters. The van der Waals surface area contributed by atoms with Crippen LogP contribution in [0.4, 0.5) is 0 Å². The number of carbonyl (C=O) groups excluding carboxylic acids is 1. The summed E-state index contributed by atoms with van der Waals surface area (Å²) in [5, 5.41) is 3.14. The first-order chi connectivity index (χ1) is 10.2. The number of hydrogen-bond acceptors (Lipinski definition) is 5. The molecule has 1 aromatic rings. The molecule has 0 spiro atoms. The Balaban J connectivity index is 1.45. The van der Waals surface area contributed by atoms with Crippen molar-refractivity contribution in [1.82, 2.24) is 15.3 Å². The SMILES string of the molecule is COc1cncc(OC2CCC(NC(=O)C3CC3)CC2)n1. The number of aromatic nitrogens is 2. The van der Waals surface area contributed by atoms with Gasteiger partial charge in [-0.2, -0.15) is 4.98 Å². The van der Waals surface area contributed by atoms with E-state index < -0.39 is 0 Å². The smallest absolute Gasteiger partial charge is 0.235 e. The van der Waals surface area contributed by atoms with Crippen LogP contribution in [0.1, 0.15) is 38.5 Å². The largest absolute Gasteiger partial charge is 0.480 e. The molecule has 0 aromatic carbocycles. The third-order valence-corrected chi connectivity index (χ3v) is 4.06. The predicted molar refractivity (Wildman–Crippen MR) is 76.1 cm³/mol. The van der Waals surface area contributed by atoms with Crippen LogP contribution in [0, 0.1) is 5.92 Å². The zero-order valence-electron chi connectivity index (χ0n) is 12.2. The van der Waals surface area contributed by atoms with Gasteiger partial charge in [0.25, 0.3) is 0 Å². The van der Waals surface area contributed by atoms with Gasteiger partial charge < -0.3 is 14.8 Å². The highest BCUT2D eigenvalue weighted by Gasteiger charge is 2.32. The Hall–Kier alpha value is -1.85. The molecule has 3 rings (SSSR count). The molecule has 1 heterocycles. The van der Waals surface area contributed by atoms with E-state index in [2.05, 4.69) is 15.3 Å². The lowest BCUT2D eigenvalue weighted by molar-refractivity contribution is -0.123. The number of nitrogens with one attached hydrogen (secondary N) is 1. The summed E-state index contributed by atoms with van der Waals surface area (Å²) in [5.74, 6) is 1.47. The summed E-state index contributed by atoms with van der Waals surface area (Å²) in [4.78, 5) is 20.0. The normalized spacial score (nSPS) is 25.2. The molecule has 0 atom stereocenters. The Labute approximate surface area is 124 Å². The fourth-order valence-electron chi connectivity index (χ4n) is 2.65. The molecule has 0 saturated heterocycles. The number of rotatable bonds is 5. The molecule has 0 radical (unpaired) electrons. The molecule has 114 valence electrons. The maximum absolute atomic E-state index is 11.7. The molecule has 2 aliphatic rings. The van der Waals surface area contributed by atoms with Crippen LogP contribution < -0.4 is 14.8 Å². The van der Waals surface area contributed by atoms with Gasteiger partial charge in [0.05, 0.1) is 19.5 Å². The maximum Gasteiger partial charge on any atom is 0.235 e. The minimum absolute atomic E-state index is 0.139. The van der Waals surface area contributed by atoms with Crippen LogP contribution in [0.3, 0.4) is 0 Å². The molecule has 2 fully saturated rings. The number of ether oxygens (including phenoxy) is 2. The molecule has 6 nitrogen and oxygen atoms in total. The summed E-state index contributed by atoms with van der Waals surface area (Å²) in [6.45, 7) is 0. The molecule has 0 aliphatic heterocycles. The Bertz CT molecular complexity index is 497. The van der Waals surface area contributed by atoms with Gasteiger partial charge in [0.2, 0.25) is 17.7 Å². The molecule has 2 saturated carbocycles. The van der Waals surface area contributed by atoms with E-state index in [9.17, 15) is 4.79 Å². The third-order valence-electron chi connectivity index (χ3n) is 4.06. The van der Waals surface area contributed by atoms with Gasteiger partial charge in [-0.3, -0.25) is 9.78 Å². The number of amides is 1. The van der Waals surface area contributed by atoms with Gasteiger partial charge in [-0.05, 0) is 38.5 Å². The summed E-state index contributed by atoms with van der Waals surface area (Å²) < 4.78 is 10.9. The lowest BCUT2D eigenvalue weighted by Crippen LogP contribution is -2.40. The molecule has 21 heavy (non-hydrogen) atoms. The van der Waals surface area contributed by atoms with E-state index in [0.717, 1.165) is 38.5 Å². The van der Waals surface area contributed by atoms with Gasteiger partial charge in [0.15, 0.2) is 0 Å². The van der Waals surface area contributed by atoms with E-state index in [1.54, 1.807) is 19.5 Å². The molecule has 1 N–H and O–H groups in total. The van der Waals surface area contributed by atoms with Gasteiger partial charge in [-0.15, -0.1) is 0 Å². The number of hydrogen-bond donors (Lipinski definition) is 1. The minimum atomic E-state index is 0.139. The van der Waals surface area contributed by atoms with Gasteiger partial charge in [0.1, 0.15) is 6.10 Å².